The van der Waals surface area contributed by atoms with Gasteiger partial charge in [0.2, 0.25) is 0 Å². The van der Waals surface area contributed by atoms with Crippen LogP contribution in [0.25, 0.3) is 0 Å². The first-order chi connectivity index (χ1) is 12.1. The minimum atomic E-state index is -0.191. The fraction of sp³-hybridized carbons (Fsp3) is 0.632. The summed E-state index contributed by atoms with van der Waals surface area (Å²) in [6.07, 6.45) is 4.42. The third kappa shape index (κ3) is 4.66. The van der Waals surface area contributed by atoms with Crippen LogP contribution >= 0.6 is 23.5 Å². The van der Waals surface area contributed by atoms with Gasteiger partial charge >= 0.3 is 0 Å². The highest BCUT2D eigenvalue weighted by molar-refractivity contribution is 8.18. The van der Waals surface area contributed by atoms with Gasteiger partial charge in [-0.2, -0.15) is 0 Å². The predicted octanol–water partition coefficient (Wildman–Crippen LogP) is 4.60. The molecule has 2 fully saturated rings. The van der Waals surface area contributed by atoms with Gasteiger partial charge in [-0.05, 0) is 55.4 Å². The van der Waals surface area contributed by atoms with Crippen LogP contribution < -0.4 is 9.47 Å². The number of methoxy groups -OCH3 is 1. The van der Waals surface area contributed by atoms with Crippen molar-refractivity contribution in [2.24, 2.45) is 0 Å². The lowest BCUT2D eigenvalue weighted by molar-refractivity contribution is -0.117. The quantitative estimate of drug-likeness (QED) is 0.687. The highest BCUT2D eigenvalue weighted by Crippen LogP contribution is 2.54. The fourth-order valence-corrected chi connectivity index (χ4v) is 6.49. The number of carbonyl (C=O) groups excluding carboxylic acids is 1. The molecule has 1 unspecified atom stereocenters. The van der Waals surface area contributed by atoms with Gasteiger partial charge in [0.15, 0.2) is 17.8 Å². The van der Waals surface area contributed by atoms with E-state index in [4.69, 9.17) is 14.2 Å². The van der Waals surface area contributed by atoms with E-state index in [2.05, 4.69) is 12.1 Å². The Kier molecular flexibility index (Phi) is 6.58. The van der Waals surface area contributed by atoms with Gasteiger partial charge in [-0.25, -0.2) is 0 Å². The molecule has 1 aromatic rings. The van der Waals surface area contributed by atoms with E-state index < -0.39 is 0 Å². The van der Waals surface area contributed by atoms with E-state index >= 15 is 0 Å². The number of ketones is 1. The number of rotatable bonds is 7. The second-order valence-electron chi connectivity index (χ2n) is 6.43. The van der Waals surface area contributed by atoms with Crippen molar-refractivity contribution in [1.29, 1.82) is 0 Å². The van der Waals surface area contributed by atoms with Gasteiger partial charge in [0.1, 0.15) is 5.78 Å². The van der Waals surface area contributed by atoms with Crippen LogP contribution in [0, 0.1) is 0 Å². The average molecular weight is 383 g/mol. The Bertz CT molecular complexity index is 593. The summed E-state index contributed by atoms with van der Waals surface area (Å²) in [4.78, 5) is 11.6. The van der Waals surface area contributed by atoms with Crippen LogP contribution in [-0.4, -0.2) is 37.3 Å². The molecule has 25 heavy (non-hydrogen) atoms. The summed E-state index contributed by atoms with van der Waals surface area (Å²) >= 11 is 3.91. The standard InChI is InChI=1S/C19H26O4S2/c1-14(20)8-9-19(24-11-4-12-25-19)15-6-7-16(21-2)17(13-15)23-18-5-3-10-22-18/h6-7,13,18H,3-5,8-12H2,1-2H3. The molecule has 0 saturated carbocycles. The smallest absolute Gasteiger partial charge is 0.200 e. The van der Waals surface area contributed by atoms with E-state index in [1.165, 1.54) is 12.0 Å². The minimum absolute atomic E-state index is 0.0785. The average Bonchev–Trinajstić information content (AvgIpc) is 3.14. The molecule has 1 aromatic carbocycles. The molecule has 6 heteroatoms. The maximum atomic E-state index is 11.6. The number of hydrogen-bond donors (Lipinski definition) is 0. The van der Waals surface area contributed by atoms with Crippen LogP contribution in [0.5, 0.6) is 11.5 Å². The van der Waals surface area contributed by atoms with Crippen LogP contribution in [0.1, 0.15) is 44.6 Å². The van der Waals surface area contributed by atoms with E-state index in [-0.39, 0.29) is 16.2 Å². The number of Topliss-reactive ketones (excluding diaryl/α,β-unsaturated/α-hetero) is 1. The molecule has 2 aliphatic rings. The van der Waals surface area contributed by atoms with Crippen molar-refractivity contribution in [3.8, 4) is 11.5 Å². The summed E-state index contributed by atoms with van der Waals surface area (Å²) in [5, 5.41) is 0. The highest BCUT2D eigenvalue weighted by atomic mass is 32.2. The molecule has 0 aromatic heterocycles. The Hall–Kier alpha value is -0.850. The van der Waals surface area contributed by atoms with Crippen LogP contribution in [0.2, 0.25) is 0 Å². The van der Waals surface area contributed by atoms with Crippen molar-refractivity contribution < 1.29 is 19.0 Å². The van der Waals surface area contributed by atoms with Gasteiger partial charge in [-0.3, -0.25) is 0 Å². The third-order valence-corrected chi connectivity index (χ3v) is 8.02. The van der Waals surface area contributed by atoms with Crippen molar-refractivity contribution in [3.05, 3.63) is 23.8 Å². The van der Waals surface area contributed by atoms with Crippen LogP contribution in [0.3, 0.4) is 0 Å². The van der Waals surface area contributed by atoms with Crippen molar-refractivity contribution in [3.63, 3.8) is 0 Å². The zero-order valence-electron chi connectivity index (χ0n) is 14.9. The molecule has 0 amide bonds. The summed E-state index contributed by atoms with van der Waals surface area (Å²) in [6, 6.07) is 6.18. The monoisotopic (exact) mass is 382 g/mol. The van der Waals surface area contributed by atoms with Gasteiger partial charge in [0, 0.05) is 12.8 Å². The fourth-order valence-electron chi connectivity index (χ4n) is 3.16. The lowest BCUT2D eigenvalue weighted by atomic mass is 10.0. The molecule has 3 rings (SSSR count). The van der Waals surface area contributed by atoms with Crippen LogP contribution in [0.15, 0.2) is 18.2 Å². The molecule has 138 valence electrons. The van der Waals surface area contributed by atoms with Crippen molar-refractivity contribution in [2.45, 2.75) is 49.4 Å². The Balaban J connectivity index is 1.88. The molecule has 2 aliphatic heterocycles. The first-order valence-electron chi connectivity index (χ1n) is 8.87. The van der Waals surface area contributed by atoms with Crippen molar-refractivity contribution in [2.75, 3.05) is 25.2 Å². The van der Waals surface area contributed by atoms with Gasteiger partial charge in [-0.15, -0.1) is 23.5 Å². The Morgan fingerprint density at radius 1 is 1.28 bits per heavy atom. The minimum Gasteiger partial charge on any atom is -0.493 e. The topological polar surface area (TPSA) is 44.8 Å². The summed E-state index contributed by atoms with van der Waals surface area (Å²) in [5.74, 6) is 3.96. The molecular formula is C19H26O4S2. The highest BCUT2D eigenvalue weighted by Gasteiger charge is 2.36. The normalized spacial score (nSPS) is 22.6. The first kappa shape index (κ1) is 18.9. The molecule has 0 bridgehead atoms. The van der Waals surface area contributed by atoms with E-state index in [0.717, 1.165) is 48.9 Å². The second kappa shape index (κ2) is 8.69. The summed E-state index contributed by atoms with van der Waals surface area (Å²) < 4.78 is 17.1. The zero-order chi connectivity index (χ0) is 17.7. The number of carbonyl (C=O) groups is 1. The van der Waals surface area contributed by atoms with Gasteiger partial charge in [0.05, 0.1) is 17.8 Å². The molecular weight excluding hydrogens is 356 g/mol. The van der Waals surface area contributed by atoms with Crippen LogP contribution in [-0.2, 0) is 13.6 Å². The Labute approximate surface area is 158 Å². The number of ether oxygens (including phenoxy) is 3. The van der Waals surface area contributed by atoms with Gasteiger partial charge in [-0.1, -0.05) is 6.07 Å². The van der Waals surface area contributed by atoms with Crippen molar-refractivity contribution >= 4 is 29.3 Å². The number of benzene rings is 1. The molecule has 1 atom stereocenters. The predicted molar refractivity (Wildman–Crippen MR) is 104 cm³/mol. The zero-order valence-corrected chi connectivity index (χ0v) is 16.5. The van der Waals surface area contributed by atoms with E-state index in [9.17, 15) is 4.79 Å². The van der Waals surface area contributed by atoms with Gasteiger partial charge < -0.3 is 19.0 Å². The lowest BCUT2D eigenvalue weighted by Crippen LogP contribution is -2.24. The van der Waals surface area contributed by atoms with E-state index in [0.29, 0.717) is 6.42 Å². The summed E-state index contributed by atoms with van der Waals surface area (Å²) in [6.45, 7) is 2.42. The Morgan fingerprint density at radius 2 is 2.08 bits per heavy atom. The summed E-state index contributed by atoms with van der Waals surface area (Å²) in [5.41, 5.74) is 1.21. The summed E-state index contributed by atoms with van der Waals surface area (Å²) in [7, 11) is 1.66. The SMILES string of the molecule is COc1ccc(C2(CCC(C)=O)SCCCS2)cc1OC1CCCO1. The largest absolute Gasteiger partial charge is 0.493 e. The third-order valence-electron chi connectivity index (χ3n) is 4.52. The maximum Gasteiger partial charge on any atom is 0.200 e. The molecule has 2 saturated heterocycles. The lowest BCUT2D eigenvalue weighted by Gasteiger charge is -2.37. The number of thioether (sulfide) groups is 2. The van der Waals surface area contributed by atoms with E-state index in [1.807, 2.05) is 29.6 Å². The van der Waals surface area contributed by atoms with Crippen LogP contribution in [0.4, 0.5) is 0 Å². The van der Waals surface area contributed by atoms with Crippen molar-refractivity contribution in [1.82, 2.24) is 0 Å². The molecule has 0 aliphatic carbocycles. The molecule has 0 spiro atoms. The maximum absolute atomic E-state index is 11.6. The molecule has 2 heterocycles. The second-order valence-corrected chi connectivity index (χ2v) is 9.48. The van der Waals surface area contributed by atoms with Gasteiger partial charge in [0.25, 0.3) is 0 Å². The first-order valence-corrected chi connectivity index (χ1v) is 10.8. The molecule has 0 radical (unpaired) electrons. The number of hydrogen-bond acceptors (Lipinski definition) is 6. The molecule has 4 nitrogen and oxygen atoms in total. The Morgan fingerprint density at radius 3 is 2.72 bits per heavy atom. The van der Waals surface area contributed by atoms with E-state index in [1.54, 1.807) is 14.0 Å². The molecule has 0 N–H and O–H groups in total.